The second-order valence-electron chi connectivity index (χ2n) is 8.14. The van der Waals surface area contributed by atoms with Crippen molar-refractivity contribution in [1.29, 1.82) is 0 Å². The maximum absolute atomic E-state index is 2.26. The van der Waals surface area contributed by atoms with Gasteiger partial charge in [0.15, 0.2) is 0 Å². The first-order valence-corrected chi connectivity index (χ1v) is 15.0. The molecule has 0 aromatic heterocycles. The van der Waals surface area contributed by atoms with Crippen molar-refractivity contribution in [3.05, 3.63) is 108 Å². The van der Waals surface area contributed by atoms with Crippen molar-refractivity contribution in [2.75, 3.05) is 0 Å². The van der Waals surface area contributed by atoms with E-state index in [0.29, 0.717) is 15.4 Å². The molecule has 0 aliphatic carbocycles. The quantitative estimate of drug-likeness (QED) is 0.181. The van der Waals surface area contributed by atoms with E-state index in [4.69, 9.17) is 0 Å². The third-order valence-corrected chi connectivity index (χ3v) is 5.52. The fourth-order valence-corrected chi connectivity index (χ4v) is 4.23. The predicted molar refractivity (Wildman–Crippen MR) is 141 cm³/mol. The molecule has 0 saturated heterocycles. The maximum Gasteiger partial charge on any atom is 4.00 e. The van der Waals surface area contributed by atoms with Crippen molar-refractivity contribution >= 4 is 58.5 Å². The van der Waals surface area contributed by atoms with Crippen LogP contribution in [0, 0.1) is 13.8 Å². The van der Waals surface area contributed by atoms with Gasteiger partial charge in [0.25, 0.3) is 0 Å². The molecule has 2 radical (unpaired) electrons. The molecule has 6 aromatic carbocycles. The molecule has 0 saturated carbocycles. The fraction of sp³-hybridized carbons (Fsp3) is 0.133. The van der Waals surface area contributed by atoms with E-state index in [1.54, 1.807) is 0 Å². The first-order valence-electron chi connectivity index (χ1n) is 10.8. The fourth-order valence-electron chi connectivity index (χ4n) is 4.23. The van der Waals surface area contributed by atoms with E-state index in [0.717, 1.165) is 0 Å². The molecule has 0 nitrogen and oxygen atoms in total. The van der Waals surface area contributed by atoms with Gasteiger partial charge in [0, 0.05) is 0 Å². The van der Waals surface area contributed by atoms with Gasteiger partial charge >= 0.3 is 53.1 Å². The molecule has 0 unspecified atom stereocenters. The molecule has 0 bridgehead atoms. The molecule has 0 aliphatic heterocycles. The summed E-state index contributed by atoms with van der Waals surface area (Å²) in [5.41, 5.74) is 2.69. The minimum absolute atomic E-state index is 0. The van der Waals surface area contributed by atoms with E-state index in [2.05, 4.69) is 122 Å². The van der Waals surface area contributed by atoms with Crippen molar-refractivity contribution in [1.82, 2.24) is 0 Å². The third-order valence-electron chi connectivity index (χ3n) is 5.52. The van der Waals surface area contributed by atoms with Gasteiger partial charge in [-0.15, -0.1) is 56.9 Å². The Kier molecular flexibility index (Phi) is 12.8. The molecule has 0 aliphatic rings. The number of hydrogen-bond acceptors (Lipinski definition) is 0. The number of fused-ring (bicyclic) bond motifs is 6. The van der Waals surface area contributed by atoms with Gasteiger partial charge in [-0.05, 0) is 10.8 Å². The Morgan fingerprint density at radius 2 is 0.882 bits per heavy atom. The van der Waals surface area contributed by atoms with E-state index in [1.165, 1.54) is 54.2 Å². The van der Waals surface area contributed by atoms with Crippen molar-refractivity contribution in [3.63, 3.8) is 0 Å². The number of aryl methyl sites for hydroxylation is 2. The summed E-state index contributed by atoms with van der Waals surface area (Å²) in [6, 6.07) is 34.9. The Morgan fingerprint density at radius 1 is 0.529 bits per heavy atom. The summed E-state index contributed by atoms with van der Waals surface area (Å²) in [7, 11) is 0. The van der Waals surface area contributed by atoms with Crippen molar-refractivity contribution in [2.45, 2.75) is 25.4 Å². The zero-order chi connectivity index (χ0) is 21.8. The van der Waals surface area contributed by atoms with E-state index >= 15 is 0 Å². The standard InChI is InChI=1S/2C14H11.C2H6Ge.2ClH.Zr/c2*1-10-8-12-7-6-11-4-2-3-5-13(11)14(12)9-10;1-3-2;;;/h2*2-9H,1H3;1-2H3;2*1H;/q2*-1;;;;+4/p-2. The molecule has 0 heterocycles. The number of rotatable bonds is 0. The Bertz CT molecular complexity index is 1350. The SMILES string of the molecule is Cc1cc2c(ccc3ccccc32)[cH-]1.Cc1cc2c(ccc3ccccc32)[cH-]1.[CH3][Ge][CH3].[Cl-].[Cl-].[Zr+4]. The average molecular weight is 623 g/mol. The molecule has 6 rings (SSSR count). The zero-order valence-electron chi connectivity index (χ0n) is 20.0. The molecular weight excluding hydrogens is 595 g/mol. The minimum atomic E-state index is 0. The van der Waals surface area contributed by atoms with E-state index in [1.807, 2.05) is 0 Å². The van der Waals surface area contributed by atoms with Gasteiger partial charge < -0.3 is 24.8 Å². The van der Waals surface area contributed by atoms with Crippen LogP contribution in [0.2, 0.25) is 11.5 Å². The molecule has 34 heavy (non-hydrogen) atoms. The number of hydrogen-bond donors (Lipinski definition) is 0. The Hall–Kier alpha value is -1.37. The summed E-state index contributed by atoms with van der Waals surface area (Å²) in [5.74, 6) is 4.50. The molecule has 6 aromatic rings. The summed E-state index contributed by atoms with van der Waals surface area (Å²) in [4.78, 5) is 0. The molecule has 4 heteroatoms. The van der Waals surface area contributed by atoms with E-state index < -0.39 is 0 Å². The van der Waals surface area contributed by atoms with Crippen LogP contribution in [0.5, 0.6) is 0 Å². The van der Waals surface area contributed by atoms with Gasteiger partial charge in [-0.2, -0.15) is 12.1 Å². The first kappa shape index (κ1) is 30.7. The minimum Gasteiger partial charge on any atom is -1.00 e. The number of benzene rings is 4. The van der Waals surface area contributed by atoms with Gasteiger partial charge in [0.05, 0.1) is 0 Å². The number of halogens is 2. The molecule has 0 N–H and O–H groups in total. The van der Waals surface area contributed by atoms with Gasteiger partial charge in [-0.1, -0.05) is 85.3 Å². The third kappa shape index (κ3) is 6.85. The van der Waals surface area contributed by atoms with Crippen LogP contribution in [0.25, 0.3) is 43.1 Å². The van der Waals surface area contributed by atoms with Crippen molar-refractivity contribution in [3.8, 4) is 0 Å². The predicted octanol–water partition coefficient (Wildman–Crippen LogP) is 2.83. The maximum atomic E-state index is 2.26. The summed E-state index contributed by atoms with van der Waals surface area (Å²) >= 11 is 0.500. The van der Waals surface area contributed by atoms with Crippen LogP contribution in [0.1, 0.15) is 11.1 Å². The first-order chi connectivity index (χ1) is 15.1. The zero-order valence-corrected chi connectivity index (χ0v) is 26.1. The van der Waals surface area contributed by atoms with Crippen LogP contribution in [0.4, 0.5) is 0 Å². The topological polar surface area (TPSA) is 0 Å². The van der Waals surface area contributed by atoms with Crippen molar-refractivity contribution < 1.29 is 51.0 Å². The van der Waals surface area contributed by atoms with Crippen molar-refractivity contribution in [2.24, 2.45) is 0 Å². The van der Waals surface area contributed by atoms with Crippen LogP contribution in [-0.4, -0.2) is 15.4 Å². The van der Waals surface area contributed by atoms with Crippen LogP contribution in [0.3, 0.4) is 0 Å². The smallest absolute Gasteiger partial charge is 1.00 e. The summed E-state index contributed by atoms with van der Waals surface area (Å²) in [6.07, 6.45) is 0. The second-order valence-corrected chi connectivity index (χ2v) is 10.2. The van der Waals surface area contributed by atoms with Crippen LogP contribution < -0.4 is 24.8 Å². The molecule has 0 fully saturated rings. The van der Waals surface area contributed by atoms with Gasteiger partial charge in [-0.3, -0.25) is 0 Å². The van der Waals surface area contributed by atoms with Gasteiger partial charge in [0.1, 0.15) is 0 Å². The molecule has 0 spiro atoms. The Labute approximate surface area is 241 Å². The normalized spacial score (nSPS) is 9.76. The van der Waals surface area contributed by atoms with Gasteiger partial charge in [-0.25, -0.2) is 0 Å². The Balaban J connectivity index is 0.000000283. The van der Waals surface area contributed by atoms with Crippen LogP contribution in [0.15, 0.2) is 97.1 Å². The summed E-state index contributed by atoms with van der Waals surface area (Å²) in [6.45, 7) is 4.30. The molecule has 0 amide bonds. The van der Waals surface area contributed by atoms with E-state index in [9.17, 15) is 0 Å². The molecule has 0 atom stereocenters. The summed E-state index contributed by atoms with van der Waals surface area (Å²) in [5, 5.41) is 10.8. The van der Waals surface area contributed by atoms with E-state index in [-0.39, 0.29) is 51.0 Å². The Morgan fingerprint density at radius 3 is 1.26 bits per heavy atom. The monoisotopic (exact) mass is 622 g/mol. The molecule has 170 valence electrons. The van der Waals surface area contributed by atoms with Crippen LogP contribution >= 0.6 is 0 Å². The second kappa shape index (κ2) is 14.2. The summed E-state index contributed by atoms with van der Waals surface area (Å²) < 4.78 is 0. The average Bonchev–Trinajstić information content (AvgIpc) is 3.36. The molecular formula is C30H28Cl2GeZr. The largest absolute Gasteiger partial charge is 4.00 e. The van der Waals surface area contributed by atoms with Gasteiger partial charge in [0.2, 0.25) is 0 Å². The van der Waals surface area contributed by atoms with Crippen LogP contribution in [-0.2, 0) is 26.2 Å².